The van der Waals surface area contributed by atoms with Crippen LogP contribution in [0.5, 0.6) is 0 Å². The third-order valence-electron chi connectivity index (χ3n) is 3.13. The Morgan fingerprint density at radius 2 is 1.35 bits per heavy atom. The fraction of sp³-hybridized carbons (Fsp3) is 0.455. The van der Waals surface area contributed by atoms with Crippen molar-refractivity contribution in [1.29, 1.82) is 0 Å². The monoisotopic (exact) mass is 251 g/mol. The molecule has 1 nitrogen and oxygen atoms in total. The summed E-state index contributed by atoms with van der Waals surface area (Å²) in [5.41, 5.74) is -1.98. The Morgan fingerprint density at radius 3 is 1.76 bits per heavy atom. The highest BCUT2D eigenvalue weighted by Crippen LogP contribution is 2.36. The van der Waals surface area contributed by atoms with E-state index < -0.39 is 40.2 Å². The van der Waals surface area contributed by atoms with Crippen molar-refractivity contribution in [3.05, 3.63) is 34.6 Å². The van der Waals surface area contributed by atoms with Crippen LogP contribution in [0.2, 0.25) is 0 Å². The van der Waals surface area contributed by atoms with Gasteiger partial charge >= 0.3 is 0 Å². The van der Waals surface area contributed by atoms with E-state index in [1.165, 1.54) is 6.92 Å². The Hall–Kier alpha value is -1.17. The van der Waals surface area contributed by atoms with Gasteiger partial charge in [0.2, 0.25) is 5.82 Å². The standard InChI is InChI=1S/C11H10F5N/c1-11(3-2-4-17-11)5-6(12)8(14)10(16)9(15)7(5)13/h17H,2-4H2,1H3. The first kappa shape index (κ1) is 12.3. The number of benzene rings is 1. The number of nitrogens with one attached hydrogen (secondary N) is 1. The molecule has 1 atom stereocenters. The zero-order valence-electron chi connectivity index (χ0n) is 9.01. The average molecular weight is 251 g/mol. The van der Waals surface area contributed by atoms with Crippen LogP contribution in [0.4, 0.5) is 22.0 Å². The second-order valence-corrected chi connectivity index (χ2v) is 4.31. The fourth-order valence-electron chi connectivity index (χ4n) is 2.20. The van der Waals surface area contributed by atoms with E-state index in [1.807, 2.05) is 0 Å². The Kier molecular flexibility index (Phi) is 2.85. The lowest BCUT2D eigenvalue weighted by atomic mass is 9.89. The van der Waals surface area contributed by atoms with Crippen molar-refractivity contribution in [2.45, 2.75) is 25.3 Å². The minimum atomic E-state index is -2.12. The van der Waals surface area contributed by atoms with Gasteiger partial charge in [-0.15, -0.1) is 0 Å². The van der Waals surface area contributed by atoms with Crippen LogP contribution in [0.1, 0.15) is 25.3 Å². The predicted molar refractivity (Wildman–Crippen MR) is 50.8 cm³/mol. The molecular weight excluding hydrogens is 241 g/mol. The maximum Gasteiger partial charge on any atom is 0.200 e. The first-order chi connectivity index (χ1) is 7.88. The SMILES string of the molecule is CC1(c2c(F)c(F)c(F)c(F)c2F)CCCN1. The van der Waals surface area contributed by atoms with Gasteiger partial charge < -0.3 is 5.32 Å². The fourth-order valence-corrected chi connectivity index (χ4v) is 2.20. The summed E-state index contributed by atoms with van der Waals surface area (Å²) in [5, 5.41) is 2.77. The van der Waals surface area contributed by atoms with Crippen LogP contribution >= 0.6 is 0 Å². The Labute approximate surface area is 94.6 Å². The zero-order valence-corrected chi connectivity index (χ0v) is 9.01. The molecule has 94 valence electrons. The van der Waals surface area contributed by atoms with Crippen molar-refractivity contribution < 1.29 is 22.0 Å². The number of halogens is 5. The van der Waals surface area contributed by atoms with Gasteiger partial charge in [0.15, 0.2) is 23.3 Å². The maximum absolute atomic E-state index is 13.5. The van der Waals surface area contributed by atoms with E-state index >= 15 is 0 Å². The quantitative estimate of drug-likeness (QED) is 0.459. The van der Waals surface area contributed by atoms with E-state index in [0.717, 1.165) is 0 Å². The molecule has 1 fully saturated rings. The van der Waals surface area contributed by atoms with Crippen molar-refractivity contribution in [1.82, 2.24) is 5.32 Å². The molecule has 1 aliphatic heterocycles. The average Bonchev–Trinajstić information content (AvgIpc) is 2.71. The Morgan fingerprint density at radius 1 is 0.882 bits per heavy atom. The molecule has 1 aliphatic rings. The van der Waals surface area contributed by atoms with Gasteiger partial charge in [0.05, 0.1) is 0 Å². The van der Waals surface area contributed by atoms with Crippen LogP contribution in [0.15, 0.2) is 0 Å². The number of hydrogen-bond donors (Lipinski definition) is 1. The van der Waals surface area contributed by atoms with E-state index in [-0.39, 0.29) is 0 Å². The maximum atomic E-state index is 13.5. The largest absolute Gasteiger partial charge is 0.307 e. The lowest BCUT2D eigenvalue weighted by Crippen LogP contribution is -2.36. The van der Waals surface area contributed by atoms with E-state index in [9.17, 15) is 22.0 Å². The number of hydrogen-bond acceptors (Lipinski definition) is 1. The molecule has 6 heteroatoms. The summed E-state index contributed by atoms with van der Waals surface area (Å²) in [6.07, 6.45) is 0.946. The molecule has 0 bridgehead atoms. The van der Waals surface area contributed by atoms with Crippen molar-refractivity contribution in [3.8, 4) is 0 Å². The second-order valence-electron chi connectivity index (χ2n) is 4.31. The first-order valence-electron chi connectivity index (χ1n) is 5.15. The summed E-state index contributed by atoms with van der Waals surface area (Å²) >= 11 is 0. The molecular formula is C11H10F5N. The van der Waals surface area contributed by atoms with E-state index in [0.29, 0.717) is 19.4 Å². The van der Waals surface area contributed by atoms with Crippen LogP contribution in [0.3, 0.4) is 0 Å². The van der Waals surface area contributed by atoms with Crippen molar-refractivity contribution >= 4 is 0 Å². The predicted octanol–water partition coefficient (Wildman–Crippen LogP) is 2.98. The third kappa shape index (κ3) is 1.71. The van der Waals surface area contributed by atoms with Crippen molar-refractivity contribution in [3.63, 3.8) is 0 Å². The molecule has 0 amide bonds. The van der Waals surface area contributed by atoms with Gasteiger partial charge in [-0.25, -0.2) is 22.0 Å². The summed E-state index contributed by atoms with van der Waals surface area (Å²) in [6.45, 7) is 1.91. The van der Waals surface area contributed by atoms with Gasteiger partial charge in [-0.05, 0) is 26.3 Å². The molecule has 1 N–H and O–H groups in total. The second kappa shape index (κ2) is 3.94. The summed E-state index contributed by atoms with van der Waals surface area (Å²) < 4.78 is 66.0. The third-order valence-corrected chi connectivity index (χ3v) is 3.13. The molecule has 1 unspecified atom stereocenters. The van der Waals surface area contributed by atoms with Gasteiger partial charge in [0.1, 0.15) is 0 Å². The molecule has 2 rings (SSSR count). The Bertz CT molecular complexity index is 436. The molecule has 17 heavy (non-hydrogen) atoms. The Balaban J connectivity index is 2.69. The van der Waals surface area contributed by atoms with Crippen LogP contribution < -0.4 is 5.32 Å². The van der Waals surface area contributed by atoms with Crippen LogP contribution in [0, 0.1) is 29.1 Å². The van der Waals surface area contributed by atoms with Crippen molar-refractivity contribution in [2.75, 3.05) is 6.54 Å². The van der Waals surface area contributed by atoms with Crippen LogP contribution in [-0.4, -0.2) is 6.54 Å². The minimum Gasteiger partial charge on any atom is -0.307 e. The van der Waals surface area contributed by atoms with Gasteiger partial charge in [0.25, 0.3) is 0 Å². The lowest BCUT2D eigenvalue weighted by molar-refractivity contribution is 0.327. The summed E-state index contributed by atoms with van der Waals surface area (Å²) in [7, 11) is 0. The van der Waals surface area contributed by atoms with Crippen LogP contribution in [-0.2, 0) is 5.54 Å². The molecule has 1 aromatic rings. The lowest BCUT2D eigenvalue weighted by Gasteiger charge is -2.26. The molecule has 0 aliphatic carbocycles. The molecule has 0 aromatic heterocycles. The van der Waals surface area contributed by atoms with E-state index in [1.54, 1.807) is 0 Å². The molecule has 1 saturated heterocycles. The molecule has 0 spiro atoms. The summed E-state index contributed by atoms with van der Waals surface area (Å²) in [5.74, 6) is -9.41. The first-order valence-corrected chi connectivity index (χ1v) is 5.15. The molecule has 1 aromatic carbocycles. The molecule has 0 saturated carbocycles. The smallest absolute Gasteiger partial charge is 0.200 e. The topological polar surface area (TPSA) is 12.0 Å². The van der Waals surface area contributed by atoms with Gasteiger partial charge in [-0.2, -0.15) is 0 Å². The van der Waals surface area contributed by atoms with Crippen LogP contribution in [0.25, 0.3) is 0 Å². The van der Waals surface area contributed by atoms with Gasteiger partial charge in [0, 0.05) is 11.1 Å². The highest BCUT2D eigenvalue weighted by Gasteiger charge is 2.39. The summed E-state index contributed by atoms with van der Waals surface area (Å²) in [6, 6.07) is 0. The van der Waals surface area contributed by atoms with Crippen molar-refractivity contribution in [2.24, 2.45) is 0 Å². The van der Waals surface area contributed by atoms with E-state index in [2.05, 4.69) is 5.32 Å². The zero-order chi connectivity index (χ0) is 12.8. The summed E-state index contributed by atoms with van der Waals surface area (Å²) in [4.78, 5) is 0. The molecule has 0 radical (unpaired) electrons. The van der Waals surface area contributed by atoms with Gasteiger partial charge in [-0.1, -0.05) is 0 Å². The van der Waals surface area contributed by atoms with Gasteiger partial charge in [-0.3, -0.25) is 0 Å². The molecule has 1 heterocycles. The highest BCUT2D eigenvalue weighted by molar-refractivity contribution is 5.31. The normalized spacial score (nSPS) is 24.4. The minimum absolute atomic E-state index is 0.325. The highest BCUT2D eigenvalue weighted by atomic mass is 19.2. The van der Waals surface area contributed by atoms with E-state index in [4.69, 9.17) is 0 Å². The number of rotatable bonds is 1.